The summed E-state index contributed by atoms with van der Waals surface area (Å²) in [6.07, 6.45) is 4.04. The summed E-state index contributed by atoms with van der Waals surface area (Å²) in [5.74, 6) is 0.139. The number of halogens is 2. The monoisotopic (exact) mass is 282 g/mol. The second-order valence-electron chi connectivity index (χ2n) is 5.39. The molecule has 0 aromatic heterocycles. The van der Waals surface area contributed by atoms with Crippen LogP contribution in [-0.4, -0.2) is 24.6 Å². The topological polar surface area (TPSA) is 35.5 Å². The predicted octanol–water partition coefficient (Wildman–Crippen LogP) is 3.43. The normalized spacial score (nSPS) is 28.6. The van der Waals surface area contributed by atoms with E-state index in [9.17, 15) is 13.6 Å². The van der Waals surface area contributed by atoms with Gasteiger partial charge in [-0.3, -0.25) is 4.79 Å². The van der Waals surface area contributed by atoms with Crippen LogP contribution in [0.3, 0.4) is 0 Å². The van der Waals surface area contributed by atoms with Crippen molar-refractivity contribution in [3.05, 3.63) is 29.8 Å². The lowest BCUT2D eigenvalue weighted by atomic mass is 9.88. The Morgan fingerprint density at radius 3 is 2.30 bits per heavy atom. The second-order valence-corrected chi connectivity index (χ2v) is 5.39. The molecule has 20 heavy (non-hydrogen) atoms. The Kier molecular flexibility index (Phi) is 3.70. The highest BCUT2D eigenvalue weighted by Gasteiger charge is 2.38. The minimum Gasteiger partial charge on any atom is -0.435 e. The number of benzene rings is 1. The maximum absolute atomic E-state index is 12.4. The lowest BCUT2D eigenvalue weighted by Gasteiger charge is -2.27. The van der Waals surface area contributed by atoms with Crippen molar-refractivity contribution in [2.45, 2.75) is 44.5 Å². The first-order valence-electron chi connectivity index (χ1n) is 6.86. The molecule has 3 nitrogen and oxygen atoms in total. The Morgan fingerprint density at radius 1 is 1.15 bits per heavy atom. The van der Waals surface area contributed by atoms with Crippen molar-refractivity contribution < 1.29 is 23.0 Å². The van der Waals surface area contributed by atoms with E-state index in [0.717, 1.165) is 25.7 Å². The SMILES string of the molecule is O=C(c1ccc(OC(F)F)cc1)C1CC2CCC(C1)O2. The van der Waals surface area contributed by atoms with Gasteiger partial charge in [0.1, 0.15) is 5.75 Å². The Hall–Kier alpha value is -1.49. The third-order valence-electron chi connectivity index (χ3n) is 4.03. The van der Waals surface area contributed by atoms with E-state index in [1.165, 1.54) is 12.1 Å². The van der Waals surface area contributed by atoms with E-state index in [0.29, 0.717) is 5.56 Å². The standard InChI is InChI=1S/C15H16F2O3/c16-15(17)20-11-3-1-9(2-4-11)14(18)10-7-12-5-6-13(8-10)19-12/h1-4,10,12-13,15H,5-8H2. The highest BCUT2D eigenvalue weighted by molar-refractivity contribution is 5.98. The average molecular weight is 282 g/mol. The first kappa shape index (κ1) is 13.5. The molecule has 1 aromatic rings. The molecule has 0 spiro atoms. The molecule has 108 valence electrons. The van der Waals surface area contributed by atoms with Crippen LogP contribution in [0.4, 0.5) is 8.78 Å². The van der Waals surface area contributed by atoms with Gasteiger partial charge in [0.15, 0.2) is 5.78 Å². The Bertz CT molecular complexity index is 474. The highest BCUT2D eigenvalue weighted by Crippen LogP contribution is 2.37. The first-order chi connectivity index (χ1) is 9.61. The number of hydrogen-bond donors (Lipinski definition) is 0. The number of carbonyl (C=O) groups is 1. The van der Waals surface area contributed by atoms with E-state index in [-0.39, 0.29) is 29.7 Å². The molecule has 0 N–H and O–H groups in total. The first-order valence-corrected chi connectivity index (χ1v) is 6.86. The zero-order valence-electron chi connectivity index (χ0n) is 10.9. The smallest absolute Gasteiger partial charge is 0.387 e. The zero-order valence-corrected chi connectivity index (χ0v) is 10.9. The van der Waals surface area contributed by atoms with Crippen LogP contribution in [0.1, 0.15) is 36.0 Å². The number of hydrogen-bond acceptors (Lipinski definition) is 3. The van der Waals surface area contributed by atoms with E-state index < -0.39 is 6.61 Å². The summed E-state index contributed by atoms with van der Waals surface area (Å²) in [6, 6.07) is 5.93. The molecule has 0 radical (unpaired) electrons. The molecule has 5 heteroatoms. The average Bonchev–Trinajstić information content (AvgIpc) is 2.77. The number of Topliss-reactive ketones (excluding diaryl/α,β-unsaturated/α-hetero) is 1. The van der Waals surface area contributed by atoms with Gasteiger partial charge in [-0.1, -0.05) is 0 Å². The number of alkyl halides is 2. The summed E-state index contributed by atoms with van der Waals surface area (Å²) in [5.41, 5.74) is 0.554. The van der Waals surface area contributed by atoms with Gasteiger partial charge in [0.25, 0.3) is 0 Å². The van der Waals surface area contributed by atoms with Crippen molar-refractivity contribution in [2.75, 3.05) is 0 Å². The summed E-state index contributed by atoms with van der Waals surface area (Å²) < 4.78 is 34.1. The van der Waals surface area contributed by atoms with Crippen LogP contribution in [-0.2, 0) is 4.74 Å². The minimum absolute atomic E-state index is 0.0110. The maximum Gasteiger partial charge on any atom is 0.387 e. The molecule has 0 saturated carbocycles. The van der Waals surface area contributed by atoms with Crippen molar-refractivity contribution in [1.82, 2.24) is 0 Å². The van der Waals surface area contributed by atoms with E-state index in [1.54, 1.807) is 12.1 Å². The molecule has 3 rings (SSSR count). The number of ketones is 1. The molecule has 0 aliphatic carbocycles. The third kappa shape index (κ3) is 2.82. The number of ether oxygens (including phenoxy) is 2. The van der Waals surface area contributed by atoms with Crippen molar-refractivity contribution >= 4 is 5.78 Å². The van der Waals surface area contributed by atoms with Gasteiger partial charge in [0.05, 0.1) is 12.2 Å². The van der Waals surface area contributed by atoms with Crippen molar-refractivity contribution in [2.24, 2.45) is 5.92 Å². The third-order valence-corrected chi connectivity index (χ3v) is 4.03. The van der Waals surface area contributed by atoms with E-state index >= 15 is 0 Å². The van der Waals surface area contributed by atoms with Crippen LogP contribution < -0.4 is 4.74 Å². The summed E-state index contributed by atoms with van der Waals surface area (Å²) in [6.45, 7) is -2.84. The minimum atomic E-state index is -2.84. The van der Waals surface area contributed by atoms with Crippen molar-refractivity contribution in [3.8, 4) is 5.75 Å². The van der Waals surface area contributed by atoms with Gasteiger partial charge in [-0.2, -0.15) is 8.78 Å². The molecular formula is C15H16F2O3. The Balaban J connectivity index is 1.67. The molecular weight excluding hydrogens is 266 g/mol. The fourth-order valence-electron chi connectivity index (χ4n) is 3.11. The zero-order chi connectivity index (χ0) is 14.1. The summed E-state index contributed by atoms with van der Waals surface area (Å²) in [4.78, 5) is 12.4. The number of rotatable bonds is 4. The van der Waals surface area contributed by atoms with Gasteiger partial charge < -0.3 is 9.47 Å². The molecule has 2 saturated heterocycles. The van der Waals surface area contributed by atoms with Crippen LogP contribution in [0.2, 0.25) is 0 Å². The van der Waals surface area contributed by atoms with Crippen molar-refractivity contribution in [1.29, 1.82) is 0 Å². The van der Waals surface area contributed by atoms with Gasteiger partial charge in [0, 0.05) is 11.5 Å². The lowest BCUT2D eigenvalue weighted by molar-refractivity contribution is -0.0498. The van der Waals surface area contributed by atoms with E-state index in [2.05, 4.69) is 4.74 Å². The van der Waals surface area contributed by atoms with E-state index in [1.807, 2.05) is 0 Å². The van der Waals surface area contributed by atoms with Gasteiger partial charge in [0.2, 0.25) is 0 Å². The molecule has 0 amide bonds. The summed E-state index contributed by atoms with van der Waals surface area (Å²) in [7, 11) is 0. The number of carbonyl (C=O) groups excluding carboxylic acids is 1. The maximum atomic E-state index is 12.4. The predicted molar refractivity (Wildman–Crippen MR) is 68.0 cm³/mol. The van der Waals surface area contributed by atoms with Crippen LogP contribution >= 0.6 is 0 Å². The summed E-state index contributed by atoms with van der Waals surface area (Å²) in [5, 5.41) is 0. The molecule has 2 heterocycles. The molecule has 1 aromatic carbocycles. The second kappa shape index (κ2) is 5.48. The number of fused-ring (bicyclic) bond motifs is 2. The summed E-state index contributed by atoms with van der Waals surface area (Å²) >= 11 is 0. The molecule has 2 bridgehead atoms. The van der Waals surface area contributed by atoms with Crippen LogP contribution in [0.15, 0.2) is 24.3 Å². The lowest BCUT2D eigenvalue weighted by Crippen LogP contribution is -2.30. The largest absolute Gasteiger partial charge is 0.435 e. The fraction of sp³-hybridized carbons (Fsp3) is 0.533. The van der Waals surface area contributed by atoms with Gasteiger partial charge in [-0.25, -0.2) is 0 Å². The fourth-order valence-corrected chi connectivity index (χ4v) is 3.11. The molecule has 2 unspecified atom stereocenters. The van der Waals surface area contributed by atoms with Crippen LogP contribution in [0, 0.1) is 5.92 Å². The quantitative estimate of drug-likeness (QED) is 0.794. The van der Waals surface area contributed by atoms with Gasteiger partial charge >= 0.3 is 6.61 Å². The molecule has 2 aliphatic rings. The van der Waals surface area contributed by atoms with Gasteiger partial charge in [-0.05, 0) is 49.9 Å². The van der Waals surface area contributed by atoms with Crippen LogP contribution in [0.25, 0.3) is 0 Å². The molecule has 2 aliphatic heterocycles. The Labute approximate surface area is 115 Å². The van der Waals surface area contributed by atoms with Crippen LogP contribution in [0.5, 0.6) is 5.75 Å². The Morgan fingerprint density at radius 2 is 1.75 bits per heavy atom. The van der Waals surface area contributed by atoms with Gasteiger partial charge in [-0.15, -0.1) is 0 Å². The highest BCUT2D eigenvalue weighted by atomic mass is 19.3. The van der Waals surface area contributed by atoms with E-state index in [4.69, 9.17) is 4.74 Å². The van der Waals surface area contributed by atoms with Crippen molar-refractivity contribution in [3.63, 3.8) is 0 Å². The molecule has 2 atom stereocenters. The molecule has 2 fully saturated rings.